The second kappa shape index (κ2) is 8.63. The number of rotatable bonds is 6. The molecule has 170 valence electrons. The van der Waals surface area contributed by atoms with E-state index in [2.05, 4.69) is 10.2 Å². The number of carbonyl (C=O) groups excluding carboxylic acids is 2. The number of carbonyl (C=O) groups is 2. The van der Waals surface area contributed by atoms with Gasteiger partial charge in [0.05, 0.1) is 12.5 Å². The summed E-state index contributed by atoms with van der Waals surface area (Å²) in [6, 6.07) is 13.2. The molecule has 0 bridgehead atoms. The van der Waals surface area contributed by atoms with Crippen LogP contribution < -0.4 is 4.90 Å². The van der Waals surface area contributed by atoms with E-state index in [0.29, 0.717) is 23.3 Å². The van der Waals surface area contributed by atoms with Gasteiger partial charge in [-0.1, -0.05) is 23.7 Å². The number of hydrogen-bond donors (Lipinski definition) is 0. The van der Waals surface area contributed by atoms with Crippen molar-refractivity contribution in [2.24, 2.45) is 5.92 Å². The largest absolute Gasteiger partial charge is 0.419 e. The van der Waals surface area contributed by atoms with E-state index in [-0.39, 0.29) is 36.7 Å². The maximum atomic E-state index is 13.5. The lowest BCUT2D eigenvalue weighted by Crippen LogP contribution is -2.38. The van der Waals surface area contributed by atoms with E-state index in [0.717, 1.165) is 35.2 Å². The van der Waals surface area contributed by atoms with Crippen molar-refractivity contribution in [2.75, 3.05) is 11.4 Å². The van der Waals surface area contributed by atoms with Crippen LogP contribution in [0, 0.1) is 19.8 Å². The molecular weight excluding hydrogens is 440 g/mol. The van der Waals surface area contributed by atoms with E-state index in [1.165, 1.54) is 0 Å². The quantitative estimate of drug-likeness (QED) is 0.534. The Balaban J connectivity index is 1.31. The SMILES string of the molecule is Cc1cccc(N2CC(C(=O)N(Cc3nnc(-c4ccc(Cl)cc4)o3)C3CC3)CC2=O)c1C. The highest BCUT2D eigenvalue weighted by Crippen LogP contribution is 2.34. The molecule has 1 atom stereocenters. The van der Waals surface area contributed by atoms with Gasteiger partial charge in [-0.15, -0.1) is 10.2 Å². The summed E-state index contributed by atoms with van der Waals surface area (Å²) in [4.78, 5) is 29.8. The van der Waals surface area contributed by atoms with E-state index in [4.69, 9.17) is 16.0 Å². The Labute approximate surface area is 197 Å². The molecule has 2 amide bonds. The van der Waals surface area contributed by atoms with Crippen molar-refractivity contribution in [3.05, 3.63) is 64.5 Å². The number of aryl methyl sites for hydroxylation is 1. The number of anilines is 1. The monoisotopic (exact) mass is 464 g/mol. The fraction of sp³-hybridized carbons (Fsp3) is 0.360. The van der Waals surface area contributed by atoms with Crippen LogP contribution >= 0.6 is 11.6 Å². The lowest BCUT2D eigenvalue weighted by atomic mass is 10.1. The number of aromatic nitrogens is 2. The zero-order valence-electron chi connectivity index (χ0n) is 18.6. The Morgan fingerprint density at radius 3 is 2.64 bits per heavy atom. The zero-order valence-corrected chi connectivity index (χ0v) is 19.4. The van der Waals surface area contributed by atoms with Crippen LogP contribution in [-0.2, 0) is 16.1 Å². The second-order valence-electron chi connectivity index (χ2n) is 8.83. The Morgan fingerprint density at radius 2 is 1.91 bits per heavy atom. The Morgan fingerprint density at radius 1 is 1.15 bits per heavy atom. The van der Waals surface area contributed by atoms with Crippen LogP contribution in [0.5, 0.6) is 0 Å². The molecule has 0 radical (unpaired) electrons. The third-order valence-corrected chi connectivity index (χ3v) is 6.73. The van der Waals surface area contributed by atoms with Crippen LogP contribution in [-0.4, -0.2) is 39.5 Å². The molecule has 7 nitrogen and oxygen atoms in total. The van der Waals surface area contributed by atoms with Crippen molar-refractivity contribution in [3.63, 3.8) is 0 Å². The first kappa shape index (κ1) is 21.6. The summed E-state index contributed by atoms with van der Waals surface area (Å²) in [5.41, 5.74) is 3.85. The average molecular weight is 465 g/mol. The van der Waals surface area contributed by atoms with Crippen LogP contribution in [0.4, 0.5) is 5.69 Å². The van der Waals surface area contributed by atoms with Gasteiger partial charge in [-0.25, -0.2) is 0 Å². The molecule has 1 aliphatic heterocycles. The molecule has 1 aromatic heterocycles. The highest BCUT2D eigenvalue weighted by Gasteiger charge is 2.42. The number of halogens is 1. The first-order chi connectivity index (χ1) is 15.9. The molecule has 1 aliphatic carbocycles. The molecule has 3 aromatic rings. The van der Waals surface area contributed by atoms with Crippen LogP contribution in [0.2, 0.25) is 5.02 Å². The summed E-state index contributed by atoms with van der Waals surface area (Å²) in [7, 11) is 0. The lowest BCUT2D eigenvalue weighted by molar-refractivity contribution is -0.137. The average Bonchev–Trinajstić information content (AvgIpc) is 3.41. The molecular formula is C25H25ClN4O3. The first-order valence-electron chi connectivity index (χ1n) is 11.2. The molecule has 1 unspecified atom stereocenters. The standard InChI is InChI=1S/C25H25ClN4O3/c1-15-4-3-5-21(16(15)2)30-13-18(12-23(30)31)25(32)29(20-10-11-20)14-22-27-28-24(33-22)17-6-8-19(26)9-7-17/h3-9,18,20H,10-14H2,1-2H3. The molecule has 8 heteroatoms. The van der Waals surface area contributed by atoms with Crippen molar-refractivity contribution < 1.29 is 14.0 Å². The van der Waals surface area contributed by atoms with Crippen molar-refractivity contribution >= 4 is 29.1 Å². The molecule has 1 saturated carbocycles. The molecule has 2 heterocycles. The van der Waals surface area contributed by atoms with Crippen molar-refractivity contribution in [1.82, 2.24) is 15.1 Å². The van der Waals surface area contributed by atoms with E-state index in [9.17, 15) is 9.59 Å². The maximum Gasteiger partial charge on any atom is 0.247 e. The summed E-state index contributed by atoms with van der Waals surface area (Å²) in [6.07, 6.45) is 2.12. The van der Waals surface area contributed by atoms with E-state index >= 15 is 0 Å². The third-order valence-electron chi connectivity index (χ3n) is 6.48. The maximum absolute atomic E-state index is 13.5. The van der Waals surface area contributed by atoms with Crippen LogP contribution in [0.15, 0.2) is 46.9 Å². The predicted octanol–water partition coefficient (Wildman–Crippen LogP) is 4.55. The molecule has 33 heavy (non-hydrogen) atoms. The molecule has 0 N–H and O–H groups in total. The number of amides is 2. The summed E-state index contributed by atoms with van der Waals surface area (Å²) < 4.78 is 5.83. The van der Waals surface area contributed by atoms with E-state index < -0.39 is 0 Å². The Hall–Kier alpha value is -3.19. The first-order valence-corrected chi connectivity index (χ1v) is 11.5. The van der Waals surface area contributed by atoms with E-state index in [1.807, 2.05) is 49.1 Å². The lowest BCUT2D eigenvalue weighted by Gasteiger charge is -2.24. The smallest absolute Gasteiger partial charge is 0.247 e. The molecule has 2 aromatic carbocycles. The molecule has 5 rings (SSSR count). The van der Waals surface area contributed by atoms with Gasteiger partial charge in [-0.05, 0) is 68.1 Å². The van der Waals surface area contributed by atoms with Gasteiger partial charge < -0.3 is 14.2 Å². The molecule has 2 aliphatic rings. The summed E-state index contributed by atoms with van der Waals surface area (Å²) >= 11 is 5.95. The summed E-state index contributed by atoms with van der Waals surface area (Å²) in [6.45, 7) is 4.68. The van der Waals surface area contributed by atoms with Crippen LogP contribution in [0.3, 0.4) is 0 Å². The predicted molar refractivity (Wildman–Crippen MR) is 125 cm³/mol. The van der Waals surface area contributed by atoms with Gasteiger partial charge in [-0.3, -0.25) is 9.59 Å². The molecule has 2 fully saturated rings. The van der Waals surface area contributed by atoms with Crippen molar-refractivity contribution in [2.45, 2.75) is 45.7 Å². The minimum absolute atomic E-state index is 0.0133. The van der Waals surface area contributed by atoms with Crippen LogP contribution in [0.1, 0.15) is 36.3 Å². The van der Waals surface area contributed by atoms with Crippen LogP contribution in [0.25, 0.3) is 11.5 Å². The summed E-state index contributed by atoms with van der Waals surface area (Å²) in [5, 5.41) is 8.91. The second-order valence-corrected chi connectivity index (χ2v) is 9.27. The van der Waals surface area contributed by atoms with Gasteiger partial charge in [0.15, 0.2) is 0 Å². The van der Waals surface area contributed by atoms with Crippen molar-refractivity contribution in [1.29, 1.82) is 0 Å². The normalized spacial score (nSPS) is 18.1. The van der Waals surface area contributed by atoms with Gasteiger partial charge >= 0.3 is 0 Å². The molecule has 1 saturated heterocycles. The zero-order chi connectivity index (χ0) is 23.1. The van der Waals surface area contributed by atoms with Crippen molar-refractivity contribution in [3.8, 4) is 11.5 Å². The van der Waals surface area contributed by atoms with Gasteiger partial charge in [0.1, 0.15) is 0 Å². The van der Waals surface area contributed by atoms with Gasteiger partial charge in [0.2, 0.25) is 23.6 Å². The van der Waals surface area contributed by atoms with Gasteiger partial charge in [0, 0.05) is 35.3 Å². The number of nitrogens with zero attached hydrogens (tertiary/aromatic N) is 4. The fourth-order valence-corrected chi connectivity index (χ4v) is 4.44. The van der Waals surface area contributed by atoms with Gasteiger partial charge in [0.25, 0.3) is 0 Å². The highest BCUT2D eigenvalue weighted by molar-refractivity contribution is 6.30. The fourth-order valence-electron chi connectivity index (χ4n) is 4.31. The van der Waals surface area contributed by atoms with E-state index in [1.54, 1.807) is 17.0 Å². The topological polar surface area (TPSA) is 79.5 Å². The summed E-state index contributed by atoms with van der Waals surface area (Å²) in [5.74, 6) is 0.361. The molecule has 0 spiro atoms. The Bertz CT molecular complexity index is 1200. The number of benzene rings is 2. The minimum atomic E-state index is -0.378. The van der Waals surface area contributed by atoms with Gasteiger partial charge in [-0.2, -0.15) is 0 Å². The number of hydrogen-bond acceptors (Lipinski definition) is 5. The minimum Gasteiger partial charge on any atom is -0.419 e. The highest BCUT2D eigenvalue weighted by atomic mass is 35.5. The Kier molecular flexibility index (Phi) is 5.66. The third kappa shape index (κ3) is 4.37.